The average molecular weight is 480 g/mol. The van der Waals surface area contributed by atoms with E-state index in [1.165, 1.54) is 6.20 Å². The third-order valence-electron chi connectivity index (χ3n) is 7.11. The number of ether oxygens (including phenoxy) is 2. The van der Waals surface area contributed by atoms with E-state index in [2.05, 4.69) is 16.0 Å². The summed E-state index contributed by atoms with van der Waals surface area (Å²) in [7, 11) is -1.42. The highest BCUT2D eigenvalue weighted by Crippen LogP contribution is 2.34. The number of hydrogen-bond acceptors (Lipinski definition) is 9. The van der Waals surface area contributed by atoms with Gasteiger partial charge in [0.1, 0.15) is 17.7 Å². The second kappa shape index (κ2) is 9.70. The predicted octanol–water partition coefficient (Wildman–Crippen LogP) is 1.30. The van der Waals surface area contributed by atoms with Gasteiger partial charge in [0.2, 0.25) is 21.9 Å². The first-order valence-corrected chi connectivity index (χ1v) is 13.2. The minimum Gasteiger partial charge on any atom is -0.470 e. The van der Waals surface area contributed by atoms with E-state index in [4.69, 9.17) is 9.47 Å². The zero-order chi connectivity index (χ0) is 23.6. The second-order valence-corrected chi connectivity index (χ2v) is 11.6. The number of aromatic nitrogens is 2. The van der Waals surface area contributed by atoms with Crippen molar-refractivity contribution in [2.75, 3.05) is 44.0 Å². The summed E-state index contributed by atoms with van der Waals surface area (Å²) in [6, 6.07) is 2.13. The largest absolute Gasteiger partial charge is 0.470 e. The first kappa shape index (κ1) is 24.1. The molecule has 1 aromatic rings. The van der Waals surface area contributed by atoms with Gasteiger partial charge in [-0.15, -0.1) is 0 Å². The Bertz CT molecular complexity index is 981. The Labute approximate surface area is 195 Å². The van der Waals surface area contributed by atoms with Gasteiger partial charge in [0.15, 0.2) is 0 Å². The van der Waals surface area contributed by atoms with Gasteiger partial charge in [0.05, 0.1) is 24.2 Å². The standard InChI is InChI=1S/C22H33N5O5S/c1-22(28)8-3-4-19(22)32-20-17(12-23)13-24-21(25-20)26(2)18-5-9-27(10-6-18)33(29,30)15-16-7-11-31-14-16/h13,16,18-19,28H,3-11,14-15H2,1-2H3/t16?,19-,22+/m0/s1. The SMILES string of the molecule is CN(c1ncc(C#N)c(O[C@H]2CCC[C@@]2(C)O)n1)C1CCN(S(=O)(=O)CC2CCOC2)CC1. The van der Waals surface area contributed by atoms with Crippen LogP contribution in [0.3, 0.4) is 0 Å². The lowest BCUT2D eigenvalue weighted by Crippen LogP contribution is -2.47. The van der Waals surface area contributed by atoms with Crippen LogP contribution in [0.15, 0.2) is 6.20 Å². The first-order chi connectivity index (χ1) is 15.7. The molecule has 3 atom stereocenters. The van der Waals surface area contributed by atoms with Crippen LogP contribution in [0.2, 0.25) is 0 Å². The third kappa shape index (κ3) is 5.40. The van der Waals surface area contributed by atoms with Gasteiger partial charge in [-0.25, -0.2) is 17.7 Å². The Morgan fingerprint density at radius 3 is 2.73 bits per heavy atom. The van der Waals surface area contributed by atoms with E-state index in [9.17, 15) is 18.8 Å². The Morgan fingerprint density at radius 2 is 2.12 bits per heavy atom. The molecule has 3 aliphatic rings. The summed E-state index contributed by atoms with van der Waals surface area (Å²) in [5.41, 5.74) is -0.723. The summed E-state index contributed by atoms with van der Waals surface area (Å²) in [6.07, 6.45) is 5.35. The van der Waals surface area contributed by atoms with Gasteiger partial charge < -0.3 is 19.5 Å². The average Bonchev–Trinajstić information content (AvgIpc) is 3.42. The molecule has 0 spiro atoms. The molecular formula is C22H33N5O5S. The van der Waals surface area contributed by atoms with E-state index in [1.54, 1.807) is 11.2 Å². The van der Waals surface area contributed by atoms with Crippen LogP contribution in [0.5, 0.6) is 5.88 Å². The minimum atomic E-state index is -3.30. The monoisotopic (exact) mass is 479 g/mol. The first-order valence-electron chi connectivity index (χ1n) is 11.6. The Balaban J connectivity index is 1.40. The van der Waals surface area contributed by atoms with Crippen molar-refractivity contribution in [1.82, 2.24) is 14.3 Å². The lowest BCUT2D eigenvalue weighted by atomic mass is 10.0. The van der Waals surface area contributed by atoms with Gasteiger partial charge in [-0.2, -0.15) is 10.2 Å². The van der Waals surface area contributed by atoms with Crippen LogP contribution >= 0.6 is 0 Å². The molecule has 3 heterocycles. The summed E-state index contributed by atoms with van der Waals surface area (Å²) in [4.78, 5) is 10.8. The van der Waals surface area contributed by atoms with Crippen molar-refractivity contribution in [2.24, 2.45) is 5.92 Å². The lowest BCUT2D eigenvalue weighted by Gasteiger charge is -2.36. The molecule has 11 heteroatoms. The van der Waals surface area contributed by atoms with Crippen LogP contribution in [0.4, 0.5) is 5.95 Å². The van der Waals surface area contributed by atoms with Crippen LogP contribution in [0.25, 0.3) is 0 Å². The van der Waals surface area contributed by atoms with E-state index >= 15 is 0 Å². The molecule has 182 valence electrons. The van der Waals surface area contributed by atoms with Crippen LogP contribution in [-0.2, 0) is 14.8 Å². The summed E-state index contributed by atoms with van der Waals surface area (Å²) in [5.74, 6) is 0.839. The summed E-state index contributed by atoms with van der Waals surface area (Å²) < 4.78 is 38.4. The van der Waals surface area contributed by atoms with Gasteiger partial charge in [0.25, 0.3) is 0 Å². The normalized spacial score (nSPS) is 29.2. The fourth-order valence-electron chi connectivity index (χ4n) is 4.92. The van der Waals surface area contributed by atoms with Crippen LogP contribution < -0.4 is 9.64 Å². The molecule has 3 fully saturated rings. The van der Waals surface area contributed by atoms with Gasteiger partial charge in [-0.1, -0.05) is 0 Å². The molecule has 2 aliphatic heterocycles. The van der Waals surface area contributed by atoms with Gasteiger partial charge in [0, 0.05) is 32.8 Å². The molecule has 10 nitrogen and oxygen atoms in total. The van der Waals surface area contributed by atoms with Crippen molar-refractivity contribution < 1.29 is 23.0 Å². The summed E-state index contributed by atoms with van der Waals surface area (Å²) in [5, 5.41) is 20.0. The highest BCUT2D eigenvalue weighted by Gasteiger charge is 2.39. The number of sulfonamides is 1. The molecule has 0 amide bonds. The maximum atomic E-state index is 12.8. The fourth-order valence-corrected chi connectivity index (χ4v) is 6.76. The highest BCUT2D eigenvalue weighted by atomic mass is 32.2. The van der Waals surface area contributed by atoms with E-state index in [1.807, 2.05) is 11.9 Å². The number of nitriles is 1. The minimum absolute atomic E-state index is 0.0710. The molecular weight excluding hydrogens is 446 g/mol. The number of piperidine rings is 1. The van der Waals surface area contributed by atoms with E-state index in [-0.39, 0.29) is 29.2 Å². The fraction of sp³-hybridized carbons (Fsp3) is 0.773. The number of aliphatic hydroxyl groups is 1. The van der Waals surface area contributed by atoms with Gasteiger partial charge in [-0.3, -0.25) is 0 Å². The Morgan fingerprint density at radius 1 is 1.36 bits per heavy atom. The molecule has 1 unspecified atom stereocenters. The molecule has 4 rings (SSSR count). The molecule has 1 aromatic heterocycles. The number of hydrogen-bond donors (Lipinski definition) is 1. The maximum absolute atomic E-state index is 12.8. The zero-order valence-electron chi connectivity index (χ0n) is 19.3. The Hall–Kier alpha value is -2.00. The van der Waals surface area contributed by atoms with Crippen molar-refractivity contribution >= 4 is 16.0 Å². The van der Waals surface area contributed by atoms with Crippen molar-refractivity contribution in [2.45, 2.75) is 63.2 Å². The number of nitrogens with zero attached hydrogens (tertiary/aromatic N) is 5. The highest BCUT2D eigenvalue weighted by molar-refractivity contribution is 7.89. The molecule has 33 heavy (non-hydrogen) atoms. The Kier molecular flexibility index (Phi) is 7.09. The summed E-state index contributed by atoms with van der Waals surface area (Å²) in [6.45, 7) is 3.81. The van der Waals surface area contributed by atoms with Crippen molar-refractivity contribution in [3.8, 4) is 11.9 Å². The van der Waals surface area contributed by atoms with Gasteiger partial charge >= 0.3 is 0 Å². The summed E-state index contributed by atoms with van der Waals surface area (Å²) >= 11 is 0. The third-order valence-corrected chi connectivity index (χ3v) is 9.15. The van der Waals surface area contributed by atoms with E-state index < -0.39 is 21.7 Å². The topological polar surface area (TPSA) is 129 Å². The van der Waals surface area contributed by atoms with E-state index in [0.29, 0.717) is 57.9 Å². The second-order valence-electron chi connectivity index (χ2n) is 9.61. The molecule has 1 N–H and O–H groups in total. The van der Waals surface area contributed by atoms with Crippen molar-refractivity contribution in [3.05, 3.63) is 11.8 Å². The van der Waals surface area contributed by atoms with Crippen LogP contribution in [-0.4, -0.2) is 84.6 Å². The number of anilines is 1. The van der Waals surface area contributed by atoms with Crippen molar-refractivity contribution in [1.29, 1.82) is 5.26 Å². The van der Waals surface area contributed by atoms with E-state index in [0.717, 1.165) is 12.8 Å². The molecule has 0 bridgehead atoms. The van der Waals surface area contributed by atoms with Crippen LogP contribution in [0.1, 0.15) is 51.0 Å². The molecule has 1 saturated carbocycles. The quantitative estimate of drug-likeness (QED) is 0.615. The number of rotatable bonds is 7. The smallest absolute Gasteiger partial charge is 0.236 e. The molecule has 0 radical (unpaired) electrons. The molecule has 1 aliphatic carbocycles. The molecule has 2 saturated heterocycles. The van der Waals surface area contributed by atoms with Gasteiger partial charge in [-0.05, 0) is 51.4 Å². The zero-order valence-corrected chi connectivity index (χ0v) is 20.1. The van der Waals surface area contributed by atoms with Crippen LogP contribution in [0, 0.1) is 17.2 Å². The van der Waals surface area contributed by atoms with Crippen molar-refractivity contribution in [3.63, 3.8) is 0 Å². The molecule has 0 aromatic carbocycles. The lowest BCUT2D eigenvalue weighted by molar-refractivity contribution is -0.0271. The predicted molar refractivity (Wildman–Crippen MR) is 121 cm³/mol. The maximum Gasteiger partial charge on any atom is 0.236 e.